The van der Waals surface area contributed by atoms with Gasteiger partial charge in [-0.05, 0) is 26.3 Å². The number of aromatic nitrogens is 1. The van der Waals surface area contributed by atoms with Gasteiger partial charge in [-0.2, -0.15) is 0 Å². The van der Waals surface area contributed by atoms with Crippen molar-refractivity contribution in [3.8, 4) is 5.75 Å². The van der Waals surface area contributed by atoms with Crippen LogP contribution in [0.15, 0.2) is 12.1 Å². The molecule has 1 fully saturated rings. The van der Waals surface area contributed by atoms with E-state index in [4.69, 9.17) is 4.74 Å². The molecule has 0 unspecified atom stereocenters. The molecule has 1 aromatic rings. The number of ether oxygens (including phenoxy) is 1. The van der Waals surface area contributed by atoms with E-state index in [0.29, 0.717) is 6.04 Å². The van der Waals surface area contributed by atoms with Crippen LogP contribution in [0.2, 0.25) is 0 Å². The summed E-state index contributed by atoms with van der Waals surface area (Å²) in [5.41, 5.74) is 1.99. The molecule has 1 atom stereocenters. The maximum absolute atomic E-state index is 9.28. The Bertz CT molecular complexity index is 382. The minimum absolute atomic E-state index is 0.239. The van der Waals surface area contributed by atoms with Crippen LogP contribution in [0, 0.1) is 6.92 Å². The molecule has 94 valence electrons. The van der Waals surface area contributed by atoms with Gasteiger partial charge in [0.1, 0.15) is 5.75 Å². The lowest BCUT2D eigenvalue weighted by Gasteiger charge is -2.22. The fraction of sp³-hybridized carbons (Fsp3) is 0.615. The van der Waals surface area contributed by atoms with Crippen LogP contribution < -0.4 is 4.74 Å². The molecule has 0 bridgehead atoms. The van der Waals surface area contributed by atoms with Crippen LogP contribution in [0.3, 0.4) is 0 Å². The molecule has 1 aromatic heterocycles. The highest BCUT2D eigenvalue weighted by molar-refractivity contribution is 5.26. The highest BCUT2D eigenvalue weighted by atomic mass is 16.5. The van der Waals surface area contributed by atoms with Crippen molar-refractivity contribution in [3.05, 3.63) is 23.5 Å². The predicted molar refractivity (Wildman–Crippen MR) is 66.0 cm³/mol. The Morgan fingerprint density at radius 2 is 2.35 bits per heavy atom. The first-order valence-electron chi connectivity index (χ1n) is 6.09. The zero-order valence-electron chi connectivity index (χ0n) is 10.5. The Balaban J connectivity index is 2.09. The quantitative estimate of drug-likeness (QED) is 0.857. The third-order valence-corrected chi connectivity index (χ3v) is 3.29. The van der Waals surface area contributed by atoms with Crippen LogP contribution in [-0.4, -0.2) is 41.3 Å². The van der Waals surface area contributed by atoms with Crippen LogP contribution in [0.1, 0.15) is 24.2 Å². The molecule has 1 aliphatic heterocycles. The molecule has 4 heteroatoms. The summed E-state index contributed by atoms with van der Waals surface area (Å²) in [6.45, 7) is 4.05. The van der Waals surface area contributed by atoms with Gasteiger partial charge < -0.3 is 9.84 Å². The smallest absolute Gasteiger partial charge is 0.122 e. The maximum Gasteiger partial charge on any atom is 0.122 e. The van der Waals surface area contributed by atoms with Crippen molar-refractivity contribution < 1.29 is 9.84 Å². The first kappa shape index (κ1) is 12.3. The maximum atomic E-state index is 9.28. The van der Waals surface area contributed by atoms with Gasteiger partial charge in [-0.25, -0.2) is 0 Å². The van der Waals surface area contributed by atoms with E-state index in [1.807, 2.05) is 19.1 Å². The molecule has 1 saturated heterocycles. The fourth-order valence-corrected chi connectivity index (χ4v) is 2.42. The lowest BCUT2D eigenvalue weighted by atomic mass is 10.2. The van der Waals surface area contributed by atoms with E-state index in [0.717, 1.165) is 43.1 Å². The number of pyridine rings is 1. The molecule has 0 aromatic carbocycles. The largest absolute Gasteiger partial charge is 0.497 e. The topological polar surface area (TPSA) is 45.6 Å². The second kappa shape index (κ2) is 5.47. The van der Waals surface area contributed by atoms with Crippen LogP contribution >= 0.6 is 0 Å². The minimum atomic E-state index is 0.239. The first-order chi connectivity index (χ1) is 8.22. The Kier molecular flexibility index (Phi) is 3.97. The molecule has 2 rings (SSSR count). The summed E-state index contributed by atoms with van der Waals surface area (Å²) < 4.78 is 5.25. The Labute approximate surface area is 102 Å². The number of aliphatic hydroxyl groups is 1. The molecule has 2 heterocycles. The van der Waals surface area contributed by atoms with Gasteiger partial charge in [0.25, 0.3) is 0 Å². The minimum Gasteiger partial charge on any atom is -0.497 e. The van der Waals surface area contributed by atoms with E-state index in [-0.39, 0.29) is 6.61 Å². The van der Waals surface area contributed by atoms with Crippen LogP contribution in [0.5, 0.6) is 5.75 Å². The monoisotopic (exact) mass is 236 g/mol. The molecule has 4 nitrogen and oxygen atoms in total. The van der Waals surface area contributed by atoms with Crippen LogP contribution in [0.25, 0.3) is 0 Å². The van der Waals surface area contributed by atoms with E-state index in [2.05, 4.69) is 9.88 Å². The molecule has 0 spiro atoms. The second-order valence-corrected chi connectivity index (χ2v) is 4.59. The second-order valence-electron chi connectivity index (χ2n) is 4.59. The normalized spacial score (nSPS) is 20.8. The van der Waals surface area contributed by atoms with Gasteiger partial charge in [0.05, 0.1) is 19.4 Å². The van der Waals surface area contributed by atoms with Gasteiger partial charge >= 0.3 is 0 Å². The molecule has 0 amide bonds. The summed E-state index contributed by atoms with van der Waals surface area (Å²) in [6, 6.07) is 4.19. The average Bonchev–Trinajstić information content (AvgIpc) is 2.75. The van der Waals surface area contributed by atoms with Crippen molar-refractivity contribution in [3.63, 3.8) is 0 Å². The SMILES string of the molecule is COc1cc(C)nc(CN2CCC[C@@H]2CO)c1. The Hall–Kier alpha value is -1.13. The Morgan fingerprint density at radius 3 is 3.06 bits per heavy atom. The van der Waals surface area contributed by atoms with Crippen LogP contribution in [0.4, 0.5) is 0 Å². The van der Waals surface area contributed by atoms with Gasteiger partial charge in [0.2, 0.25) is 0 Å². The number of aryl methyl sites for hydroxylation is 1. The molecule has 0 saturated carbocycles. The predicted octanol–water partition coefficient (Wildman–Crippen LogP) is 1.36. The molecular weight excluding hydrogens is 216 g/mol. The molecule has 0 aliphatic carbocycles. The van der Waals surface area contributed by atoms with Crippen LogP contribution in [-0.2, 0) is 6.54 Å². The summed E-state index contributed by atoms with van der Waals surface area (Å²) in [5.74, 6) is 0.854. The third kappa shape index (κ3) is 2.96. The van der Waals surface area contributed by atoms with Crippen molar-refractivity contribution in [2.45, 2.75) is 32.4 Å². The highest BCUT2D eigenvalue weighted by Crippen LogP contribution is 2.21. The van der Waals surface area contributed by atoms with E-state index < -0.39 is 0 Å². The van der Waals surface area contributed by atoms with Crippen molar-refractivity contribution in [2.24, 2.45) is 0 Å². The zero-order chi connectivity index (χ0) is 12.3. The molecule has 17 heavy (non-hydrogen) atoms. The lowest BCUT2D eigenvalue weighted by molar-refractivity contribution is 0.152. The van der Waals surface area contributed by atoms with Crippen molar-refractivity contribution >= 4 is 0 Å². The third-order valence-electron chi connectivity index (χ3n) is 3.29. The summed E-state index contributed by atoms with van der Waals surface area (Å²) in [7, 11) is 1.67. The van der Waals surface area contributed by atoms with Crippen molar-refractivity contribution in [2.75, 3.05) is 20.3 Å². The number of aliphatic hydroxyl groups excluding tert-OH is 1. The van der Waals surface area contributed by atoms with Gasteiger partial charge in [-0.1, -0.05) is 0 Å². The van der Waals surface area contributed by atoms with Gasteiger partial charge in [-0.15, -0.1) is 0 Å². The fourth-order valence-electron chi connectivity index (χ4n) is 2.42. The zero-order valence-corrected chi connectivity index (χ0v) is 10.5. The highest BCUT2D eigenvalue weighted by Gasteiger charge is 2.24. The standard InChI is InChI=1S/C13H20N2O2/c1-10-6-13(17-2)7-11(14-10)8-15-5-3-4-12(15)9-16/h6-7,12,16H,3-5,8-9H2,1-2H3/t12-/m1/s1. The number of rotatable bonds is 4. The van der Waals surface area contributed by atoms with Gasteiger partial charge in [0, 0.05) is 30.4 Å². The number of hydrogen-bond acceptors (Lipinski definition) is 4. The Morgan fingerprint density at radius 1 is 1.53 bits per heavy atom. The molecule has 0 radical (unpaired) electrons. The van der Waals surface area contributed by atoms with E-state index in [1.165, 1.54) is 0 Å². The number of hydrogen-bond donors (Lipinski definition) is 1. The summed E-state index contributed by atoms with van der Waals surface area (Å²) in [6.07, 6.45) is 2.24. The van der Waals surface area contributed by atoms with Crippen molar-refractivity contribution in [1.29, 1.82) is 0 Å². The number of likely N-dealkylation sites (tertiary alicyclic amines) is 1. The molecule has 1 N–H and O–H groups in total. The summed E-state index contributed by atoms with van der Waals surface area (Å²) >= 11 is 0. The van der Waals surface area contributed by atoms with Gasteiger partial charge in [-0.3, -0.25) is 9.88 Å². The first-order valence-corrected chi connectivity index (χ1v) is 6.09. The summed E-state index contributed by atoms with van der Waals surface area (Å²) in [4.78, 5) is 6.80. The molecular formula is C13H20N2O2. The van der Waals surface area contributed by atoms with E-state index in [9.17, 15) is 5.11 Å². The van der Waals surface area contributed by atoms with E-state index in [1.54, 1.807) is 7.11 Å². The number of methoxy groups -OCH3 is 1. The number of nitrogens with zero attached hydrogens (tertiary/aromatic N) is 2. The molecule has 1 aliphatic rings. The van der Waals surface area contributed by atoms with E-state index >= 15 is 0 Å². The lowest BCUT2D eigenvalue weighted by Crippen LogP contribution is -2.31. The average molecular weight is 236 g/mol. The summed E-state index contributed by atoms with van der Waals surface area (Å²) in [5, 5.41) is 9.28. The van der Waals surface area contributed by atoms with Crippen molar-refractivity contribution in [1.82, 2.24) is 9.88 Å². The van der Waals surface area contributed by atoms with Gasteiger partial charge in [0.15, 0.2) is 0 Å².